The van der Waals surface area contributed by atoms with Gasteiger partial charge in [-0.05, 0) is 37.8 Å². The Hall–Kier alpha value is -1.26. The van der Waals surface area contributed by atoms with Crippen molar-refractivity contribution in [1.82, 2.24) is 4.90 Å². The van der Waals surface area contributed by atoms with E-state index in [1.165, 1.54) is 12.8 Å². The van der Waals surface area contributed by atoms with Crippen molar-refractivity contribution in [3.8, 4) is 5.75 Å². The number of fused-ring (bicyclic) bond motifs is 1. The second-order valence-corrected chi connectivity index (χ2v) is 6.18. The molecule has 0 aromatic heterocycles. The zero-order valence-corrected chi connectivity index (χ0v) is 13.0. The van der Waals surface area contributed by atoms with Gasteiger partial charge in [-0.2, -0.15) is 0 Å². The van der Waals surface area contributed by atoms with E-state index in [2.05, 4.69) is 23.2 Å². The zero-order chi connectivity index (χ0) is 14.7. The van der Waals surface area contributed by atoms with Crippen LogP contribution in [0.5, 0.6) is 5.75 Å². The molecule has 4 heteroatoms. The van der Waals surface area contributed by atoms with Crippen molar-refractivity contribution >= 4 is 5.69 Å². The standard InChI is InChI=1S/C17H26N2O2/c1-13(14-7-8-14)19(9-10-20-2)12-15-11-18-16-5-3-4-6-17(16)21-15/h3-6,13-15,18H,7-12H2,1-2H3. The Bertz CT molecular complexity index is 462. The minimum absolute atomic E-state index is 0.206. The van der Waals surface area contributed by atoms with E-state index in [0.29, 0.717) is 6.04 Å². The number of anilines is 1. The molecule has 1 N–H and O–H groups in total. The maximum Gasteiger partial charge on any atom is 0.142 e. The van der Waals surface area contributed by atoms with Crippen LogP contribution in [0.3, 0.4) is 0 Å². The van der Waals surface area contributed by atoms with Gasteiger partial charge in [-0.25, -0.2) is 0 Å². The molecule has 2 aliphatic rings. The number of hydrogen-bond acceptors (Lipinski definition) is 4. The first-order valence-corrected chi connectivity index (χ1v) is 8.00. The van der Waals surface area contributed by atoms with Gasteiger partial charge in [0, 0.05) is 26.2 Å². The Morgan fingerprint density at radius 3 is 2.95 bits per heavy atom. The van der Waals surface area contributed by atoms with Gasteiger partial charge >= 0.3 is 0 Å². The van der Waals surface area contributed by atoms with Crippen LogP contribution in [0.1, 0.15) is 19.8 Å². The molecule has 2 atom stereocenters. The highest BCUT2D eigenvalue weighted by molar-refractivity contribution is 5.57. The average molecular weight is 290 g/mol. The molecular weight excluding hydrogens is 264 g/mol. The molecule has 0 spiro atoms. The van der Waals surface area contributed by atoms with Crippen molar-refractivity contribution in [2.45, 2.75) is 31.9 Å². The summed E-state index contributed by atoms with van der Waals surface area (Å²) < 4.78 is 11.4. The van der Waals surface area contributed by atoms with Crippen LogP contribution in [-0.2, 0) is 4.74 Å². The average Bonchev–Trinajstić information content (AvgIpc) is 3.35. The number of nitrogens with one attached hydrogen (secondary N) is 1. The molecule has 1 fully saturated rings. The first kappa shape index (κ1) is 14.7. The van der Waals surface area contributed by atoms with Gasteiger partial charge in [-0.15, -0.1) is 0 Å². The number of rotatable bonds is 7. The van der Waals surface area contributed by atoms with Crippen LogP contribution in [0, 0.1) is 5.92 Å². The van der Waals surface area contributed by atoms with Crippen LogP contribution in [0.4, 0.5) is 5.69 Å². The van der Waals surface area contributed by atoms with Gasteiger partial charge in [0.05, 0.1) is 18.8 Å². The van der Waals surface area contributed by atoms with E-state index < -0.39 is 0 Å². The summed E-state index contributed by atoms with van der Waals surface area (Å²) in [5.41, 5.74) is 1.10. The van der Waals surface area contributed by atoms with E-state index in [1.807, 2.05) is 18.2 Å². The molecule has 0 radical (unpaired) electrons. The molecule has 1 aromatic carbocycles. The van der Waals surface area contributed by atoms with E-state index in [9.17, 15) is 0 Å². The van der Waals surface area contributed by atoms with Gasteiger partial charge in [-0.1, -0.05) is 12.1 Å². The summed E-state index contributed by atoms with van der Waals surface area (Å²) in [5.74, 6) is 1.84. The fourth-order valence-corrected chi connectivity index (χ4v) is 3.07. The normalized spacial score (nSPS) is 22.3. The maximum atomic E-state index is 6.15. The van der Waals surface area contributed by atoms with Crippen molar-refractivity contribution in [2.75, 3.05) is 38.7 Å². The lowest BCUT2D eigenvalue weighted by Gasteiger charge is -2.35. The van der Waals surface area contributed by atoms with Crippen molar-refractivity contribution < 1.29 is 9.47 Å². The Balaban J connectivity index is 1.60. The van der Waals surface area contributed by atoms with Gasteiger partial charge in [0.2, 0.25) is 0 Å². The molecule has 1 aliphatic carbocycles. The SMILES string of the molecule is COCCN(CC1CNc2ccccc2O1)C(C)C1CC1. The third-order valence-electron chi connectivity index (χ3n) is 4.60. The molecule has 0 saturated heterocycles. The summed E-state index contributed by atoms with van der Waals surface area (Å²) in [5, 5.41) is 3.48. The highest BCUT2D eigenvalue weighted by Gasteiger charge is 2.33. The highest BCUT2D eigenvalue weighted by atomic mass is 16.5. The van der Waals surface area contributed by atoms with Crippen molar-refractivity contribution in [3.63, 3.8) is 0 Å². The summed E-state index contributed by atoms with van der Waals surface area (Å²) in [7, 11) is 1.77. The van der Waals surface area contributed by atoms with Crippen LogP contribution in [-0.4, -0.2) is 50.4 Å². The third kappa shape index (κ3) is 3.69. The predicted molar refractivity (Wildman–Crippen MR) is 85.0 cm³/mol. The first-order valence-electron chi connectivity index (χ1n) is 8.00. The topological polar surface area (TPSA) is 33.7 Å². The van der Waals surface area contributed by atoms with Gasteiger partial charge < -0.3 is 14.8 Å². The number of hydrogen-bond donors (Lipinski definition) is 1. The summed E-state index contributed by atoms with van der Waals surface area (Å²) in [6.45, 7) is 5.95. The number of nitrogens with zero attached hydrogens (tertiary/aromatic N) is 1. The van der Waals surface area contributed by atoms with E-state index in [1.54, 1.807) is 7.11 Å². The summed E-state index contributed by atoms with van der Waals surface area (Å²) in [6, 6.07) is 8.80. The lowest BCUT2D eigenvalue weighted by Crippen LogP contribution is -2.47. The Morgan fingerprint density at radius 2 is 2.19 bits per heavy atom. The Labute approximate surface area is 127 Å². The number of benzene rings is 1. The first-order chi connectivity index (χ1) is 10.3. The van der Waals surface area contributed by atoms with Crippen LogP contribution >= 0.6 is 0 Å². The highest BCUT2D eigenvalue weighted by Crippen LogP contribution is 2.35. The summed E-state index contributed by atoms with van der Waals surface area (Å²) >= 11 is 0. The van der Waals surface area contributed by atoms with Crippen molar-refractivity contribution in [2.24, 2.45) is 5.92 Å². The van der Waals surface area contributed by atoms with Crippen LogP contribution in [0.2, 0.25) is 0 Å². The molecule has 2 unspecified atom stereocenters. The quantitative estimate of drug-likeness (QED) is 0.837. The van der Waals surface area contributed by atoms with E-state index in [-0.39, 0.29) is 6.10 Å². The van der Waals surface area contributed by atoms with Gasteiger partial charge in [0.1, 0.15) is 11.9 Å². The van der Waals surface area contributed by atoms with Gasteiger partial charge in [-0.3, -0.25) is 4.90 Å². The number of para-hydroxylation sites is 2. The predicted octanol–water partition coefficient (Wildman–Crippen LogP) is 2.61. The molecule has 1 aliphatic heterocycles. The molecule has 3 rings (SSSR count). The second-order valence-electron chi connectivity index (χ2n) is 6.18. The molecule has 1 saturated carbocycles. The smallest absolute Gasteiger partial charge is 0.142 e. The van der Waals surface area contributed by atoms with E-state index in [4.69, 9.17) is 9.47 Å². The van der Waals surface area contributed by atoms with Crippen molar-refractivity contribution in [1.29, 1.82) is 0 Å². The minimum Gasteiger partial charge on any atom is -0.485 e. The van der Waals surface area contributed by atoms with Crippen LogP contribution in [0.15, 0.2) is 24.3 Å². The van der Waals surface area contributed by atoms with Gasteiger partial charge in [0.15, 0.2) is 0 Å². The molecule has 21 heavy (non-hydrogen) atoms. The third-order valence-corrected chi connectivity index (χ3v) is 4.60. The minimum atomic E-state index is 0.206. The Kier molecular flexibility index (Phi) is 4.66. The number of methoxy groups -OCH3 is 1. The maximum absolute atomic E-state index is 6.15. The summed E-state index contributed by atoms with van der Waals surface area (Å²) in [6.07, 6.45) is 2.95. The molecule has 0 amide bonds. The lowest BCUT2D eigenvalue weighted by atomic mass is 10.1. The van der Waals surface area contributed by atoms with Crippen LogP contribution in [0.25, 0.3) is 0 Å². The second kappa shape index (κ2) is 6.67. The lowest BCUT2D eigenvalue weighted by molar-refractivity contribution is 0.0748. The molecule has 1 heterocycles. The summed E-state index contributed by atoms with van der Waals surface area (Å²) in [4.78, 5) is 2.53. The molecule has 4 nitrogen and oxygen atoms in total. The number of ether oxygens (including phenoxy) is 2. The molecular formula is C17H26N2O2. The molecule has 1 aromatic rings. The van der Waals surface area contributed by atoms with Crippen LogP contribution < -0.4 is 10.1 Å². The zero-order valence-electron chi connectivity index (χ0n) is 13.0. The van der Waals surface area contributed by atoms with E-state index in [0.717, 1.165) is 43.6 Å². The largest absolute Gasteiger partial charge is 0.485 e. The van der Waals surface area contributed by atoms with E-state index >= 15 is 0 Å². The molecule has 0 bridgehead atoms. The van der Waals surface area contributed by atoms with Crippen molar-refractivity contribution in [3.05, 3.63) is 24.3 Å². The molecule has 116 valence electrons. The Morgan fingerprint density at radius 1 is 1.38 bits per heavy atom. The van der Waals surface area contributed by atoms with Gasteiger partial charge in [0.25, 0.3) is 0 Å². The fraction of sp³-hybridized carbons (Fsp3) is 0.647. The monoisotopic (exact) mass is 290 g/mol. The fourth-order valence-electron chi connectivity index (χ4n) is 3.07.